The number of amides is 1. The van der Waals surface area contributed by atoms with Gasteiger partial charge in [0.15, 0.2) is 0 Å². The first-order valence-electron chi connectivity index (χ1n) is 9.79. The predicted octanol–water partition coefficient (Wildman–Crippen LogP) is 3.82. The molecule has 0 N–H and O–H groups in total. The topological polar surface area (TPSA) is 55.2 Å². The van der Waals surface area contributed by atoms with E-state index in [9.17, 15) is 9.59 Å². The molecule has 0 unspecified atom stereocenters. The van der Waals surface area contributed by atoms with Gasteiger partial charge < -0.3 is 9.47 Å². The summed E-state index contributed by atoms with van der Waals surface area (Å²) in [4.78, 5) is 31.6. The fourth-order valence-electron chi connectivity index (χ4n) is 4.73. The molecule has 2 aromatic heterocycles. The summed E-state index contributed by atoms with van der Waals surface area (Å²) in [6, 6.07) is 14.8. The van der Waals surface area contributed by atoms with Crippen molar-refractivity contribution in [1.82, 2.24) is 14.5 Å². The second-order valence-electron chi connectivity index (χ2n) is 7.83. The number of aromatic nitrogens is 2. The van der Waals surface area contributed by atoms with Crippen LogP contribution in [0.1, 0.15) is 28.4 Å². The van der Waals surface area contributed by atoms with Crippen molar-refractivity contribution in [2.75, 3.05) is 13.1 Å². The number of halogens is 1. The molecule has 0 saturated carbocycles. The largest absolute Gasteiger partial charge is 0.338 e. The van der Waals surface area contributed by atoms with Crippen LogP contribution in [-0.2, 0) is 6.54 Å². The van der Waals surface area contributed by atoms with Crippen LogP contribution in [0, 0.1) is 5.92 Å². The lowest BCUT2D eigenvalue weighted by atomic mass is 9.80. The maximum absolute atomic E-state index is 13.0. The highest BCUT2D eigenvalue weighted by Gasteiger charge is 2.38. The second-order valence-corrected chi connectivity index (χ2v) is 8.27. The number of hydrogen-bond donors (Lipinski definition) is 0. The summed E-state index contributed by atoms with van der Waals surface area (Å²) < 4.78 is 1.91. The first kappa shape index (κ1) is 18.1. The van der Waals surface area contributed by atoms with Crippen molar-refractivity contribution in [3.8, 4) is 11.1 Å². The molecule has 29 heavy (non-hydrogen) atoms. The summed E-state index contributed by atoms with van der Waals surface area (Å²) in [5, 5.41) is 0.683. The molecule has 1 saturated heterocycles. The third-order valence-electron chi connectivity index (χ3n) is 5.96. The first-order chi connectivity index (χ1) is 14.1. The Kier molecular flexibility index (Phi) is 4.47. The zero-order valence-corrected chi connectivity index (χ0v) is 16.5. The van der Waals surface area contributed by atoms with E-state index in [1.165, 1.54) is 0 Å². The number of hydrogen-bond acceptors (Lipinski definition) is 3. The lowest BCUT2D eigenvalue weighted by Gasteiger charge is -2.43. The van der Waals surface area contributed by atoms with E-state index in [0.717, 1.165) is 23.2 Å². The van der Waals surface area contributed by atoms with E-state index in [2.05, 4.69) is 4.98 Å². The van der Waals surface area contributed by atoms with Gasteiger partial charge in [-0.05, 0) is 48.2 Å². The van der Waals surface area contributed by atoms with Gasteiger partial charge in [-0.2, -0.15) is 0 Å². The van der Waals surface area contributed by atoms with Crippen LogP contribution in [0.2, 0.25) is 5.02 Å². The summed E-state index contributed by atoms with van der Waals surface area (Å²) in [7, 11) is 0. The van der Waals surface area contributed by atoms with Gasteiger partial charge in [0.05, 0.1) is 0 Å². The predicted molar refractivity (Wildman–Crippen MR) is 112 cm³/mol. The Morgan fingerprint density at radius 1 is 0.966 bits per heavy atom. The van der Waals surface area contributed by atoms with Crippen molar-refractivity contribution in [3.63, 3.8) is 0 Å². The van der Waals surface area contributed by atoms with Crippen molar-refractivity contribution < 1.29 is 4.79 Å². The van der Waals surface area contributed by atoms with Gasteiger partial charge in [0.1, 0.15) is 0 Å². The molecule has 1 amide bonds. The molecular formula is C23H20ClN3O2. The number of fused-ring (bicyclic) bond motifs is 4. The van der Waals surface area contributed by atoms with Crippen LogP contribution in [0.4, 0.5) is 0 Å². The van der Waals surface area contributed by atoms with Crippen molar-refractivity contribution in [2.45, 2.75) is 18.9 Å². The van der Waals surface area contributed by atoms with Gasteiger partial charge >= 0.3 is 0 Å². The fraction of sp³-hybridized carbons (Fsp3) is 0.261. The van der Waals surface area contributed by atoms with E-state index in [-0.39, 0.29) is 23.3 Å². The van der Waals surface area contributed by atoms with Gasteiger partial charge in [0.2, 0.25) is 0 Å². The molecule has 1 fully saturated rings. The first-order valence-corrected chi connectivity index (χ1v) is 10.2. The highest BCUT2D eigenvalue weighted by molar-refractivity contribution is 6.30. The van der Waals surface area contributed by atoms with Gasteiger partial charge in [0.25, 0.3) is 11.5 Å². The van der Waals surface area contributed by atoms with Crippen LogP contribution in [0.15, 0.2) is 65.7 Å². The quantitative estimate of drug-likeness (QED) is 0.651. The summed E-state index contributed by atoms with van der Waals surface area (Å²) in [5.41, 5.74) is 3.80. The van der Waals surface area contributed by atoms with E-state index < -0.39 is 0 Å². The zero-order valence-electron chi connectivity index (χ0n) is 15.8. The Morgan fingerprint density at radius 2 is 1.72 bits per heavy atom. The van der Waals surface area contributed by atoms with Gasteiger partial charge in [-0.1, -0.05) is 23.7 Å². The van der Waals surface area contributed by atoms with Crippen molar-refractivity contribution in [2.24, 2.45) is 5.92 Å². The molecule has 4 heterocycles. The van der Waals surface area contributed by atoms with Gasteiger partial charge in [-0.25, -0.2) is 0 Å². The van der Waals surface area contributed by atoms with Crippen LogP contribution in [0.5, 0.6) is 0 Å². The molecule has 146 valence electrons. The molecule has 3 aromatic rings. The summed E-state index contributed by atoms with van der Waals surface area (Å²) in [5.74, 6) is 0.444. The zero-order chi connectivity index (χ0) is 20.0. The number of nitrogens with zero attached hydrogens (tertiary/aromatic N) is 3. The maximum atomic E-state index is 13.0. The van der Waals surface area contributed by atoms with E-state index in [0.29, 0.717) is 30.2 Å². The van der Waals surface area contributed by atoms with Crippen LogP contribution < -0.4 is 5.56 Å². The molecule has 2 aliphatic rings. The van der Waals surface area contributed by atoms with E-state index >= 15 is 0 Å². The highest BCUT2D eigenvalue weighted by atomic mass is 35.5. The summed E-state index contributed by atoms with van der Waals surface area (Å²) >= 11 is 6.06. The Hall–Kier alpha value is -2.92. The number of benzene rings is 1. The number of piperidine rings is 1. The monoisotopic (exact) mass is 405 g/mol. The molecule has 0 radical (unpaired) electrons. The van der Waals surface area contributed by atoms with Crippen LogP contribution in [-0.4, -0.2) is 33.4 Å². The van der Waals surface area contributed by atoms with Crippen molar-refractivity contribution in [3.05, 3.63) is 87.6 Å². The van der Waals surface area contributed by atoms with Gasteiger partial charge in [0, 0.05) is 65.9 Å². The Labute approximate surface area is 173 Å². The minimum absolute atomic E-state index is 0.0290. The molecule has 0 aliphatic carbocycles. The normalized spacial score (nSPS) is 20.2. The average molecular weight is 406 g/mol. The Bertz CT molecular complexity index is 1130. The second kappa shape index (κ2) is 7.16. The average Bonchev–Trinajstić information content (AvgIpc) is 2.75. The van der Waals surface area contributed by atoms with Crippen molar-refractivity contribution in [1.29, 1.82) is 0 Å². The lowest BCUT2D eigenvalue weighted by Crippen LogP contribution is -2.49. The smallest absolute Gasteiger partial charge is 0.253 e. The van der Waals surface area contributed by atoms with E-state index in [1.54, 1.807) is 30.6 Å². The standard InChI is InChI=1S/C23H20ClN3O2/c24-19-3-1-16(2-4-19)20-5-6-21(28)27-13-15-11-18(22(20)27)14-26(12-15)23(29)17-7-9-25-10-8-17/h1-10,15,18H,11-14H2/t15-,18-/m0/s1. The lowest BCUT2D eigenvalue weighted by molar-refractivity contribution is 0.0595. The third-order valence-corrected chi connectivity index (χ3v) is 6.21. The third kappa shape index (κ3) is 3.25. The van der Waals surface area contributed by atoms with Crippen LogP contribution >= 0.6 is 11.6 Å². The van der Waals surface area contributed by atoms with Gasteiger partial charge in [-0.3, -0.25) is 14.6 Å². The molecule has 5 nitrogen and oxygen atoms in total. The number of pyridine rings is 2. The summed E-state index contributed by atoms with van der Waals surface area (Å²) in [6.07, 6.45) is 4.28. The van der Waals surface area contributed by atoms with Crippen molar-refractivity contribution >= 4 is 17.5 Å². The van der Waals surface area contributed by atoms with Crippen LogP contribution in [0.25, 0.3) is 11.1 Å². The molecule has 0 spiro atoms. The van der Waals surface area contributed by atoms with Gasteiger partial charge in [-0.15, -0.1) is 0 Å². The SMILES string of the molecule is O=C(c1ccncc1)N1C[C@@H]2C[C@@H](C1)c1c(-c3ccc(Cl)cc3)ccc(=O)n1C2. The number of likely N-dealkylation sites (tertiary alicyclic amines) is 1. The minimum atomic E-state index is 0.0290. The fourth-order valence-corrected chi connectivity index (χ4v) is 4.86. The highest BCUT2D eigenvalue weighted by Crippen LogP contribution is 2.40. The Morgan fingerprint density at radius 3 is 2.48 bits per heavy atom. The van der Waals surface area contributed by atoms with Crippen LogP contribution in [0.3, 0.4) is 0 Å². The molecule has 1 aromatic carbocycles. The molecular weight excluding hydrogens is 386 g/mol. The number of carbonyl (C=O) groups is 1. The molecule has 5 rings (SSSR count). The Balaban J connectivity index is 1.55. The number of rotatable bonds is 2. The van der Waals surface area contributed by atoms with E-state index in [4.69, 9.17) is 11.6 Å². The minimum Gasteiger partial charge on any atom is -0.338 e. The molecule has 2 atom stereocenters. The van der Waals surface area contributed by atoms with E-state index in [1.807, 2.05) is 39.8 Å². The summed E-state index contributed by atoms with van der Waals surface area (Å²) in [6.45, 7) is 1.93. The molecule has 2 aliphatic heterocycles. The molecule has 6 heteroatoms. The number of carbonyl (C=O) groups excluding carboxylic acids is 1. The maximum Gasteiger partial charge on any atom is 0.253 e. The molecule has 2 bridgehead atoms.